The molecule has 0 aliphatic heterocycles. The zero-order chi connectivity index (χ0) is 13.5. The molecule has 0 aliphatic rings. The second-order valence-corrected chi connectivity index (χ2v) is 4.83. The monoisotopic (exact) mass is 255 g/mol. The van der Waals surface area contributed by atoms with Gasteiger partial charge >= 0.3 is 0 Å². The number of nitrogens with one attached hydrogen (secondary N) is 1. The van der Waals surface area contributed by atoms with Crippen LogP contribution in [0.15, 0.2) is 48.5 Å². The van der Waals surface area contributed by atoms with Gasteiger partial charge in [0.2, 0.25) is 0 Å². The minimum absolute atomic E-state index is 0.690. The summed E-state index contributed by atoms with van der Waals surface area (Å²) >= 11 is 0. The van der Waals surface area contributed by atoms with Gasteiger partial charge in [-0.1, -0.05) is 42.0 Å². The van der Waals surface area contributed by atoms with Gasteiger partial charge in [-0.3, -0.25) is 0 Å². The predicted octanol–water partition coefficient (Wildman–Crippen LogP) is 3.47. The van der Waals surface area contributed by atoms with Crippen LogP contribution in [0.25, 0.3) is 0 Å². The van der Waals surface area contributed by atoms with Crippen LogP contribution in [-0.4, -0.2) is 13.2 Å². The molecule has 2 heteroatoms. The molecule has 0 aromatic heterocycles. The van der Waals surface area contributed by atoms with Crippen molar-refractivity contribution in [3.63, 3.8) is 0 Å². The molecule has 19 heavy (non-hydrogen) atoms. The van der Waals surface area contributed by atoms with E-state index >= 15 is 0 Å². The van der Waals surface area contributed by atoms with Gasteiger partial charge in [0.05, 0.1) is 0 Å². The van der Waals surface area contributed by atoms with Crippen LogP contribution in [0.2, 0.25) is 0 Å². The van der Waals surface area contributed by atoms with Crippen LogP contribution in [0.3, 0.4) is 0 Å². The van der Waals surface area contributed by atoms with Gasteiger partial charge in [0.15, 0.2) is 0 Å². The van der Waals surface area contributed by atoms with E-state index in [0.29, 0.717) is 6.61 Å². The number of benzene rings is 2. The molecule has 0 bridgehead atoms. The topological polar surface area (TPSA) is 21.3 Å². The highest BCUT2D eigenvalue weighted by Gasteiger charge is 1.95. The fraction of sp³-hybridized carbons (Fsp3) is 0.294. The van der Waals surface area contributed by atoms with Crippen LogP contribution in [-0.2, 0) is 6.54 Å². The zero-order valence-corrected chi connectivity index (χ0v) is 11.6. The van der Waals surface area contributed by atoms with E-state index in [2.05, 4.69) is 55.6 Å². The molecular weight excluding hydrogens is 234 g/mol. The number of rotatable bonds is 6. The fourth-order valence-electron chi connectivity index (χ4n) is 1.88. The minimum Gasteiger partial charge on any atom is -0.492 e. The molecule has 2 nitrogen and oxygen atoms in total. The summed E-state index contributed by atoms with van der Waals surface area (Å²) in [6.07, 6.45) is 0. The summed E-state index contributed by atoms with van der Waals surface area (Å²) in [4.78, 5) is 0. The number of ether oxygens (including phenoxy) is 1. The Labute approximate surface area is 115 Å². The standard InChI is InChI=1S/C17H21NO/c1-14-6-8-16(9-7-14)13-18-10-11-19-17-5-3-4-15(2)12-17/h3-9,12,18H,10-11,13H2,1-2H3. The van der Waals surface area contributed by atoms with Gasteiger partial charge in [-0.25, -0.2) is 0 Å². The molecule has 2 aromatic carbocycles. The lowest BCUT2D eigenvalue weighted by molar-refractivity contribution is 0.313. The number of hydrogen-bond donors (Lipinski definition) is 1. The summed E-state index contributed by atoms with van der Waals surface area (Å²) in [5.74, 6) is 0.942. The molecule has 0 saturated carbocycles. The third-order valence-corrected chi connectivity index (χ3v) is 2.99. The normalized spacial score (nSPS) is 10.4. The Morgan fingerprint density at radius 3 is 2.47 bits per heavy atom. The largest absolute Gasteiger partial charge is 0.492 e. The Kier molecular flexibility index (Phi) is 4.99. The van der Waals surface area contributed by atoms with Crippen molar-refractivity contribution in [2.45, 2.75) is 20.4 Å². The molecule has 100 valence electrons. The van der Waals surface area contributed by atoms with Crippen LogP contribution < -0.4 is 10.1 Å². The summed E-state index contributed by atoms with van der Waals surface area (Å²) in [6, 6.07) is 16.7. The Hall–Kier alpha value is -1.80. The van der Waals surface area contributed by atoms with Gasteiger partial charge in [0, 0.05) is 13.1 Å². The SMILES string of the molecule is Cc1ccc(CNCCOc2cccc(C)c2)cc1. The van der Waals surface area contributed by atoms with Crippen LogP contribution in [0.5, 0.6) is 5.75 Å². The quantitative estimate of drug-likeness (QED) is 0.798. The maximum Gasteiger partial charge on any atom is 0.119 e. The molecule has 0 spiro atoms. The lowest BCUT2D eigenvalue weighted by Crippen LogP contribution is -2.20. The molecule has 0 saturated heterocycles. The average molecular weight is 255 g/mol. The molecule has 0 radical (unpaired) electrons. The van der Waals surface area contributed by atoms with Gasteiger partial charge in [0.1, 0.15) is 12.4 Å². The van der Waals surface area contributed by atoms with E-state index in [4.69, 9.17) is 4.74 Å². The Balaban J connectivity index is 1.66. The van der Waals surface area contributed by atoms with E-state index in [1.54, 1.807) is 0 Å². The van der Waals surface area contributed by atoms with Crippen LogP contribution in [0.1, 0.15) is 16.7 Å². The van der Waals surface area contributed by atoms with Crippen molar-refractivity contribution in [1.29, 1.82) is 0 Å². The van der Waals surface area contributed by atoms with Crippen molar-refractivity contribution in [2.75, 3.05) is 13.2 Å². The summed E-state index contributed by atoms with van der Waals surface area (Å²) in [5, 5.41) is 3.38. The second kappa shape index (κ2) is 6.95. The van der Waals surface area contributed by atoms with Crippen molar-refractivity contribution in [2.24, 2.45) is 0 Å². The first-order valence-corrected chi connectivity index (χ1v) is 6.70. The Morgan fingerprint density at radius 2 is 1.74 bits per heavy atom. The van der Waals surface area contributed by atoms with E-state index in [1.807, 2.05) is 12.1 Å². The summed E-state index contributed by atoms with van der Waals surface area (Å²) in [5.41, 5.74) is 3.83. The van der Waals surface area contributed by atoms with E-state index < -0.39 is 0 Å². The summed E-state index contributed by atoms with van der Waals surface area (Å²) in [7, 11) is 0. The highest BCUT2D eigenvalue weighted by atomic mass is 16.5. The molecule has 0 heterocycles. The highest BCUT2D eigenvalue weighted by Crippen LogP contribution is 2.11. The van der Waals surface area contributed by atoms with Crippen molar-refractivity contribution in [3.8, 4) is 5.75 Å². The summed E-state index contributed by atoms with van der Waals surface area (Å²) in [6.45, 7) is 6.60. The van der Waals surface area contributed by atoms with Gasteiger partial charge in [-0.2, -0.15) is 0 Å². The molecular formula is C17H21NO. The first kappa shape index (κ1) is 13.6. The molecule has 0 atom stereocenters. The molecule has 1 N–H and O–H groups in total. The van der Waals surface area contributed by atoms with Crippen molar-refractivity contribution < 1.29 is 4.74 Å². The third-order valence-electron chi connectivity index (χ3n) is 2.99. The molecule has 2 aromatic rings. The van der Waals surface area contributed by atoms with Crippen LogP contribution >= 0.6 is 0 Å². The van der Waals surface area contributed by atoms with E-state index in [-0.39, 0.29) is 0 Å². The first-order valence-electron chi connectivity index (χ1n) is 6.70. The molecule has 0 unspecified atom stereocenters. The third kappa shape index (κ3) is 4.76. The molecule has 0 aliphatic carbocycles. The summed E-state index contributed by atoms with van der Waals surface area (Å²) < 4.78 is 5.68. The van der Waals surface area contributed by atoms with Crippen molar-refractivity contribution >= 4 is 0 Å². The number of hydrogen-bond acceptors (Lipinski definition) is 2. The van der Waals surface area contributed by atoms with E-state index in [0.717, 1.165) is 18.8 Å². The van der Waals surface area contributed by atoms with Crippen molar-refractivity contribution in [3.05, 3.63) is 65.2 Å². The fourth-order valence-corrected chi connectivity index (χ4v) is 1.88. The maximum atomic E-state index is 5.68. The number of aryl methyl sites for hydroxylation is 2. The minimum atomic E-state index is 0.690. The van der Waals surface area contributed by atoms with E-state index in [9.17, 15) is 0 Å². The van der Waals surface area contributed by atoms with Gasteiger partial charge in [0.25, 0.3) is 0 Å². The predicted molar refractivity (Wildman–Crippen MR) is 79.6 cm³/mol. The first-order chi connectivity index (χ1) is 9.24. The van der Waals surface area contributed by atoms with Crippen LogP contribution in [0, 0.1) is 13.8 Å². The Bertz CT molecular complexity index is 505. The van der Waals surface area contributed by atoms with Crippen molar-refractivity contribution in [1.82, 2.24) is 5.32 Å². The van der Waals surface area contributed by atoms with E-state index in [1.165, 1.54) is 16.7 Å². The van der Waals surface area contributed by atoms with Gasteiger partial charge in [-0.15, -0.1) is 0 Å². The van der Waals surface area contributed by atoms with Crippen LogP contribution in [0.4, 0.5) is 0 Å². The average Bonchev–Trinajstić information content (AvgIpc) is 2.41. The van der Waals surface area contributed by atoms with Gasteiger partial charge < -0.3 is 10.1 Å². The smallest absolute Gasteiger partial charge is 0.119 e. The second-order valence-electron chi connectivity index (χ2n) is 4.83. The highest BCUT2D eigenvalue weighted by molar-refractivity contribution is 5.27. The molecule has 0 fully saturated rings. The maximum absolute atomic E-state index is 5.68. The molecule has 2 rings (SSSR count). The lowest BCUT2D eigenvalue weighted by Gasteiger charge is -2.08. The Morgan fingerprint density at radius 1 is 0.947 bits per heavy atom. The molecule has 0 amide bonds. The lowest BCUT2D eigenvalue weighted by atomic mass is 10.1. The zero-order valence-electron chi connectivity index (χ0n) is 11.6. The van der Waals surface area contributed by atoms with Gasteiger partial charge in [-0.05, 0) is 37.1 Å².